The van der Waals surface area contributed by atoms with Crippen molar-refractivity contribution < 1.29 is 9.18 Å². The van der Waals surface area contributed by atoms with E-state index in [4.69, 9.17) is 0 Å². The van der Waals surface area contributed by atoms with Crippen molar-refractivity contribution in [3.8, 4) is 0 Å². The molecule has 0 unspecified atom stereocenters. The van der Waals surface area contributed by atoms with Crippen molar-refractivity contribution in [2.75, 3.05) is 20.1 Å². The molecule has 124 valence electrons. The summed E-state index contributed by atoms with van der Waals surface area (Å²) in [5, 5.41) is 0. The first-order chi connectivity index (χ1) is 11.2. The highest BCUT2D eigenvalue weighted by Crippen LogP contribution is 2.50. The first-order valence-corrected chi connectivity index (χ1v) is 8.92. The van der Waals surface area contributed by atoms with Gasteiger partial charge in [-0.3, -0.25) is 4.79 Å². The molecule has 23 heavy (non-hydrogen) atoms. The van der Waals surface area contributed by atoms with E-state index in [0.717, 1.165) is 37.9 Å². The van der Waals surface area contributed by atoms with Gasteiger partial charge in [0.2, 0.25) is 5.91 Å². The molecule has 0 spiro atoms. The zero-order valence-electron chi connectivity index (χ0n) is 13.7. The van der Waals surface area contributed by atoms with Crippen molar-refractivity contribution in [2.24, 2.45) is 5.92 Å². The maximum atomic E-state index is 13.9. The van der Waals surface area contributed by atoms with E-state index < -0.39 is 0 Å². The zero-order valence-corrected chi connectivity index (χ0v) is 13.7. The second kappa shape index (κ2) is 5.90. The van der Waals surface area contributed by atoms with Gasteiger partial charge in [-0.2, -0.15) is 0 Å². The summed E-state index contributed by atoms with van der Waals surface area (Å²) < 4.78 is 13.9. The molecule has 3 fully saturated rings. The number of carbonyl (C=O) groups excluding carboxylic acids is 1. The smallest absolute Gasteiger partial charge is 0.226 e. The molecule has 4 rings (SSSR count). The molecule has 1 aromatic carbocycles. The lowest BCUT2D eigenvalue weighted by molar-refractivity contribution is -0.134. The van der Waals surface area contributed by atoms with Gasteiger partial charge in [0.25, 0.3) is 0 Å². The van der Waals surface area contributed by atoms with Gasteiger partial charge in [-0.05, 0) is 63.2 Å². The van der Waals surface area contributed by atoms with Crippen LogP contribution in [0, 0.1) is 11.7 Å². The maximum Gasteiger partial charge on any atom is 0.226 e. The van der Waals surface area contributed by atoms with E-state index in [9.17, 15) is 9.18 Å². The number of hydrogen-bond acceptors (Lipinski definition) is 2. The highest BCUT2D eigenvalue weighted by Gasteiger charge is 2.49. The Morgan fingerprint density at radius 2 is 1.87 bits per heavy atom. The quantitative estimate of drug-likeness (QED) is 0.856. The minimum absolute atomic E-state index is 0.000732. The predicted octanol–water partition coefficient (Wildman–Crippen LogP) is 3.01. The van der Waals surface area contributed by atoms with Gasteiger partial charge in [0.15, 0.2) is 0 Å². The highest BCUT2D eigenvalue weighted by molar-refractivity contribution is 5.83. The number of likely N-dealkylation sites (N-methyl/N-ethyl adjacent to an activating group) is 1. The van der Waals surface area contributed by atoms with E-state index in [1.165, 1.54) is 18.9 Å². The molecule has 2 saturated heterocycles. The number of benzene rings is 1. The second-order valence-electron chi connectivity index (χ2n) is 7.40. The standard InChI is InChI=1S/C19H25FN2O/c1-21-10-4-8-17(21)18-9-5-11-22(18)19(23)15-12-14(15)13-6-2-3-7-16(13)20/h2-3,6-7,14-15,17-18H,4-5,8-12H2,1H3/t14-,15-,17+,18-/m0/s1. The van der Waals surface area contributed by atoms with Crippen molar-refractivity contribution in [1.29, 1.82) is 0 Å². The number of hydrogen-bond donors (Lipinski definition) is 0. The molecule has 2 aliphatic heterocycles. The Labute approximate surface area is 137 Å². The Bertz CT molecular complexity index is 605. The third-order valence-corrected chi connectivity index (χ3v) is 6.02. The van der Waals surface area contributed by atoms with Crippen LogP contribution in [0.3, 0.4) is 0 Å². The van der Waals surface area contributed by atoms with Crippen LogP contribution < -0.4 is 0 Å². The molecule has 0 N–H and O–H groups in total. The first-order valence-electron chi connectivity index (χ1n) is 8.92. The van der Waals surface area contributed by atoms with Gasteiger partial charge in [-0.25, -0.2) is 4.39 Å². The fourth-order valence-electron chi connectivity index (χ4n) is 4.69. The third-order valence-electron chi connectivity index (χ3n) is 6.02. The summed E-state index contributed by atoms with van der Waals surface area (Å²) in [6.45, 7) is 2.03. The van der Waals surface area contributed by atoms with Crippen molar-refractivity contribution >= 4 is 5.91 Å². The molecule has 4 atom stereocenters. The number of nitrogens with zero attached hydrogens (tertiary/aromatic N) is 2. The van der Waals surface area contributed by atoms with Gasteiger partial charge < -0.3 is 9.80 Å². The van der Waals surface area contributed by atoms with E-state index in [2.05, 4.69) is 16.8 Å². The van der Waals surface area contributed by atoms with Gasteiger partial charge in [0.05, 0.1) is 0 Å². The second-order valence-corrected chi connectivity index (χ2v) is 7.40. The summed E-state index contributed by atoms with van der Waals surface area (Å²) in [4.78, 5) is 17.5. The topological polar surface area (TPSA) is 23.6 Å². The van der Waals surface area contributed by atoms with Crippen molar-refractivity contribution in [3.63, 3.8) is 0 Å². The molecular weight excluding hydrogens is 291 g/mol. The van der Waals surface area contributed by atoms with Crippen LogP contribution in [0.5, 0.6) is 0 Å². The third kappa shape index (κ3) is 2.67. The van der Waals surface area contributed by atoms with E-state index in [0.29, 0.717) is 12.1 Å². The summed E-state index contributed by atoms with van der Waals surface area (Å²) in [5.74, 6) is 0.188. The van der Waals surface area contributed by atoms with E-state index >= 15 is 0 Å². The number of amides is 1. The van der Waals surface area contributed by atoms with Gasteiger partial charge in [-0.1, -0.05) is 18.2 Å². The molecule has 0 radical (unpaired) electrons. The van der Waals surface area contributed by atoms with Crippen LogP contribution in [-0.4, -0.2) is 47.9 Å². The molecule has 1 amide bonds. The van der Waals surface area contributed by atoms with Crippen LogP contribution in [0.4, 0.5) is 4.39 Å². The highest BCUT2D eigenvalue weighted by atomic mass is 19.1. The Morgan fingerprint density at radius 1 is 1.13 bits per heavy atom. The zero-order chi connectivity index (χ0) is 16.0. The molecule has 1 aromatic rings. The molecule has 1 saturated carbocycles. The van der Waals surface area contributed by atoms with Gasteiger partial charge in [-0.15, -0.1) is 0 Å². The molecule has 0 bridgehead atoms. The number of rotatable bonds is 3. The average Bonchev–Trinajstić information content (AvgIpc) is 2.97. The Hall–Kier alpha value is -1.42. The van der Waals surface area contributed by atoms with Crippen LogP contribution in [0.2, 0.25) is 0 Å². The SMILES string of the molecule is CN1CCC[C@@H]1[C@@H]1CCCN1C(=O)[C@H]1C[C@H]1c1ccccc1F. The minimum Gasteiger partial charge on any atom is -0.338 e. The Morgan fingerprint density at radius 3 is 2.61 bits per heavy atom. The van der Waals surface area contributed by atoms with Crippen molar-refractivity contribution in [1.82, 2.24) is 9.80 Å². The lowest BCUT2D eigenvalue weighted by atomic mass is 10.0. The maximum absolute atomic E-state index is 13.9. The molecule has 0 aromatic heterocycles. The normalized spacial score (nSPS) is 34.1. The fourth-order valence-corrected chi connectivity index (χ4v) is 4.69. The van der Waals surface area contributed by atoms with E-state index in [-0.39, 0.29) is 23.6 Å². The van der Waals surface area contributed by atoms with Crippen molar-refractivity contribution in [2.45, 2.75) is 50.1 Å². The lowest BCUT2D eigenvalue weighted by Gasteiger charge is -2.33. The monoisotopic (exact) mass is 316 g/mol. The van der Waals surface area contributed by atoms with Crippen molar-refractivity contribution in [3.05, 3.63) is 35.6 Å². The Balaban J connectivity index is 1.46. The van der Waals surface area contributed by atoms with Gasteiger partial charge in [0.1, 0.15) is 5.82 Å². The summed E-state index contributed by atoms with van der Waals surface area (Å²) in [5.41, 5.74) is 0.722. The Kier molecular flexibility index (Phi) is 3.88. The molecule has 3 nitrogen and oxygen atoms in total. The summed E-state index contributed by atoms with van der Waals surface area (Å²) in [6, 6.07) is 7.80. The number of halogens is 1. The van der Waals surface area contributed by atoms with Crippen LogP contribution in [0.15, 0.2) is 24.3 Å². The summed E-state index contributed by atoms with van der Waals surface area (Å²) in [6.07, 6.45) is 5.48. The molecule has 3 aliphatic rings. The van der Waals surface area contributed by atoms with Gasteiger partial charge in [0, 0.05) is 24.5 Å². The predicted molar refractivity (Wildman–Crippen MR) is 87.6 cm³/mol. The summed E-state index contributed by atoms with van der Waals surface area (Å²) in [7, 11) is 2.18. The van der Waals surface area contributed by atoms with Crippen LogP contribution in [0.25, 0.3) is 0 Å². The largest absolute Gasteiger partial charge is 0.338 e. The molecular formula is C19H25FN2O. The van der Waals surface area contributed by atoms with E-state index in [1.807, 2.05) is 12.1 Å². The lowest BCUT2D eigenvalue weighted by Crippen LogP contribution is -2.47. The van der Waals surface area contributed by atoms with E-state index in [1.54, 1.807) is 6.07 Å². The molecule has 2 heterocycles. The summed E-state index contributed by atoms with van der Waals surface area (Å²) >= 11 is 0. The average molecular weight is 316 g/mol. The number of carbonyl (C=O) groups is 1. The molecule has 4 heteroatoms. The first kappa shape index (κ1) is 15.1. The minimum atomic E-state index is -0.165. The fraction of sp³-hybridized carbons (Fsp3) is 0.632. The van der Waals surface area contributed by atoms with Crippen LogP contribution in [0.1, 0.15) is 43.6 Å². The number of likely N-dealkylation sites (tertiary alicyclic amines) is 2. The van der Waals surface area contributed by atoms with Crippen LogP contribution in [-0.2, 0) is 4.79 Å². The van der Waals surface area contributed by atoms with Crippen LogP contribution >= 0.6 is 0 Å². The van der Waals surface area contributed by atoms with Gasteiger partial charge >= 0.3 is 0 Å². The molecule has 1 aliphatic carbocycles.